The van der Waals surface area contributed by atoms with E-state index < -0.39 is 0 Å². The van der Waals surface area contributed by atoms with Gasteiger partial charge in [0.1, 0.15) is 5.52 Å². The predicted molar refractivity (Wildman–Crippen MR) is 69.2 cm³/mol. The molecule has 0 spiro atoms. The second-order valence-corrected chi connectivity index (χ2v) is 4.93. The van der Waals surface area contributed by atoms with Gasteiger partial charge in [0.25, 0.3) is 0 Å². The number of aromatic nitrogens is 4. The first-order valence-corrected chi connectivity index (χ1v) is 6.43. The van der Waals surface area contributed by atoms with Crippen LogP contribution in [0, 0.1) is 6.92 Å². The number of imidazole rings is 1. The molecule has 98 valence electrons. The molecule has 2 N–H and O–H groups in total. The second kappa shape index (κ2) is 4.28. The molecule has 1 atom stereocenters. The molecule has 0 aromatic carbocycles. The Morgan fingerprint density at radius 1 is 1.50 bits per heavy atom. The number of nitrogen functional groups attached to an aromatic ring is 1. The summed E-state index contributed by atoms with van der Waals surface area (Å²) >= 11 is 0. The maximum atomic E-state index is 5.99. The normalized spacial score (nSPS) is 20.0. The van der Waals surface area contributed by atoms with Crippen LogP contribution in [-0.4, -0.2) is 32.0 Å². The number of anilines is 1. The lowest BCUT2D eigenvalue weighted by Gasteiger charge is -2.11. The van der Waals surface area contributed by atoms with E-state index in [0.717, 1.165) is 42.9 Å². The average Bonchev–Trinajstić information content (AvgIpc) is 2.98. The Morgan fingerprint density at radius 2 is 2.33 bits per heavy atom. The van der Waals surface area contributed by atoms with E-state index in [1.807, 2.05) is 23.2 Å². The zero-order valence-corrected chi connectivity index (χ0v) is 10.9. The number of hydrogen-bond acceptors (Lipinski definition) is 4. The molecule has 3 heterocycles. The highest BCUT2D eigenvalue weighted by Gasteiger charge is 2.19. The minimum absolute atomic E-state index is 0.371. The Hall–Kier alpha value is -1.56. The Balaban J connectivity index is 1.88. The van der Waals surface area contributed by atoms with Crippen molar-refractivity contribution < 1.29 is 4.74 Å². The number of fused-ring (bicyclic) bond motifs is 1. The minimum atomic E-state index is 0.371. The van der Waals surface area contributed by atoms with E-state index in [4.69, 9.17) is 10.5 Å². The summed E-state index contributed by atoms with van der Waals surface area (Å²) in [6.07, 6.45) is 3.68. The smallest absolute Gasteiger partial charge is 0.202 e. The Kier molecular flexibility index (Phi) is 2.74. The SMILES string of the molecule is Cc1nn(C)c2c1nc(N)n2CCC1CCCO1. The van der Waals surface area contributed by atoms with Crippen LogP contribution in [0.3, 0.4) is 0 Å². The monoisotopic (exact) mass is 249 g/mol. The van der Waals surface area contributed by atoms with Gasteiger partial charge in [0.2, 0.25) is 5.95 Å². The van der Waals surface area contributed by atoms with Crippen LogP contribution in [0.4, 0.5) is 5.95 Å². The molecular weight excluding hydrogens is 230 g/mol. The summed E-state index contributed by atoms with van der Waals surface area (Å²) < 4.78 is 9.53. The summed E-state index contributed by atoms with van der Waals surface area (Å²) in [6.45, 7) is 3.69. The van der Waals surface area contributed by atoms with Gasteiger partial charge in [-0.2, -0.15) is 5.10 Å². The van der Waals surface area contributed by atoms with E-state index in [1.54, 1.807) is 0 Å². The fourth-order valence-corrected chi connectivity index (χ4v) is 2.72. The van der Waals surface area contributed by atoms with E-state index in [1.165, 1.54) is 6.42 Å². The molecule has 1 aliphatic rings. The molecule has 3 rings (SSSR count). The molecule has 2 aromatic heterocycles. The van der Waals surface area contributed by atoms with Crippen molar-refractivity contribution in [2.75, 3.05) is 12.3 Å². The summed E-state index contributed by atoms with van der Waals surface area (Å²) in [5.74, 6) is 0.569. The van der Waals surface area contributed by atoms with Crippen LogP contribution in [0.25, 0.3) is 11.2 Å². The van der Waals surface area contributed by atoms with E-state index in [2.05, 4.69) is 10.1 Å². The highest BCUT2D eigenvalue weighted by molar-refractivity contribution is 5.77. The van der Waals surface area contributed by atoms with Crippen molar-refractivity contribution in [3.05, 3.63) is 5.69 Å². The number of rotatable bonds is 3. The van der Waals surface area contributed by atoms with Crippen molar-refractivity contribution >= 4 is 17.1 Å². The molecule has 0 saturated carbocycles. The Labute approximate surface area is 106 Å². The minimum Gasteiger partial charge on any atom is -0.378 e. The third-order valence-corrected chi connectivity index (χ3v) is 3.62. The molecule has 18 heavy (non-hydrogen) atoms. The molecule has 0 bridgehead atoms. The van der Waals surface area contributed by atoms with Gasteiger partial charge in [0.15, 0.2) is 5.65 Å². The van der Waals surface area contributed by atoms with Gasteiger partial charge in [-0.1, -0.05) is 0 Å². The predicted octanol–water partition coefficient (Wildman–Crippen LogP) is 1.23. The van der Waals surface area contributed by atoms with Crippen LogP contribution in [0.2, 0.25) is 0 Å². The standard InChI is InChI=1S/C12H19N5O/c1-8-10-11(16(2)15-8)17(12(13)14-10)6-5-9-4-3-7-18-9/h9H,3-7H2,1-2H3,(H2,13,14). The fourth-order valence-electron chi connectivity index (χ4n) is 2.72. The van der Waals surface area contributed by atoms with Crippen molar-refractivity contribution in [2.45, 2.75) is 38.8 Å². The van der Waals surface area contributed by atoms with E-state index in [0.29, 0.717) is 12.1 Å². The maximum Gasteiger partial charge on any atom is 0.202 e. The highest BCUT2D eigenvalue weighted by atomic mass is 16.5. The summed E-state index contributed by atoms with van der Waals surface area (Å²) in [6, 6.07) is 0. The number of nitrogens with two attached hydrogens (primary N) is 1. The first kappa shape index (κ1) is 11.5. The van der Waals surface area contributed by atoms with Crippen LogP contribution in [0.1, 0.15) is 25.0 Å². The number of ether oxygens (including phenoxy) is 1. The molecular formula is C12H19N5O. The molecule has 6 heteroatoms. The van der Waals surface area contributed by atoms with Crippen LogP contribution in [0.15, 0.2) is 0 Å². The molecule has 0 aliphatic carbocycles. The molecule has 1 aliphatic heterocycles. The molecule has 1 unspecified atom stereocenters. The first-order valence-electron chi connectivity index (χ1n) is 6.43. The topological polar surface area (TPSA) is 70.9 Å². The molecule has 0 amide bonds. The quantitative estimate of drug-likeness (QED) is 0.888. The van der Waals surface area contributed by atoms with Crippen LogP contribution in [0.5, 0.6) is 0 Å². The van der Waals surface area contributed by atoms with Gasteiger partial charge in [-0.3, -0.25) is 9.25 Å². The maximum absolute atomic E-state index is 5.99. The van der Waals surface area contributed by atoms with Crippen molar-refractivity contribution in [1.29, 1.82) is 0 Å². The van der Waals surface area contributed by atoms with E-state index >= 15 is 0 Å². The van der Waals surface area contributed by atoms with Crippen molar-refractivity contribution in [3.8, 4) is 0 Å². The summed E-state index contributed by atoms with van der Waals surface area (Å²) in [5, 5.41) is 4.38. The Morgan fingerprint density at radius 3 is 3.06 bits per heavy atom. The van der Waals surface area contributed by atoms with Crippen LogP contribution >= 0.6 is 0 Å². The van der Waals surface area contributed by atoms with Gasteiger partial charge >= 0.3 is 0 Å². The summed E-state index contributed by atoms with van der Waals surface area (Å²) in [4.78, 5) is 4.40. The van der Waals surface area contributed by atoms with Gasteiger partial charge in [-0.25, -0.2) is 4.98 Å². The molecule has 2 aromatic rings. The summed E-state index contributed by atoms with van der Waals surface area (Å²) in [5.41, 5.74) is 8.82. The van der Waals surface area contributed by atoms with E-state index in [9.17, 15) is 0 Å². The Bertz CT molecular complexity index is 565. The van der Waals surface area contributed by atoms with Gasteiger partial charge in [0.05, 0.1) is 11.8 Å². The molecule has 6 nitrogen and oxygen atoms in total. The average molecular weight is 249 g/mol. The number of aryl methyl sites for hydroxylation is 3. The third-order valence-electron chi connectivity index (χ3n) is 3.62. The van der Waals surface area contributed by atoms with E-state index in [-0.39, 0.29) is 0 Å². The lowest BCUT2D eigenvalue weighted by molar-refractivity contribution is 0.101. The second-order valence-electron chi connectivity index (χ2n) is 4.93. The highest BCUT2D eigenvalue weighted by Crippen LogP contribution is 2.22. The largest absolute Gasteiger partial charge is 0.378 e. The van der Waals surface area contributed by atoms with Crippen molar-refractivity contribution in [1.82, 2.24) is 19.3 Å². The lowest BCUT2D eigenvalue weighted by Crippen LogP contribution is -2.13. The van der Waals surface area contributed by atoms with Gasteiger partial charge in [-0.05, 0) is 26.2 Å². The fraction of sp³-hybridized carbons (Fsp3) is 0.667. The van der Waals surface area contributed by atoms with Gasteiger partial charge < -0.3 is 10.5 Å². The number of nitrogens with zero attached hydrogens (tertiary/aromatic N) is 4. The zero-order valence-electron chi connectivity index (χ0n) is 10.9. The third kappa shape index (κ3) is 1.77. The zero-order chi connectivity index (χ0) is 12.7. The van der Waals surface area contributed by atoms with Crippen LogP contribution < -0.4 is 5.73 Å². The van der Waals surface area contributed by atoms with Gasteiger partial charge in [0, 0.05) is 20.2 Å². The molecule has 1 saturated heterocycles. The van der Waals surface area contributed by atoms with Gasteiger partial charge in [-0.15, -0.1) is 0 Å². The lowest BCUT2D eigenvalue weighted by atomic mass is 10.2. The summed E-state index contributed by atoms with van der Waals surface area (Å²) in [7, 11) is 1.93. The van der Waals surface area contributed by atoms with Crippen molar-refractivity contribution in [2.24, 2.45) is 7.05 Å². The first-order chi connectivity index (χ1) is 8.66. The van der Waals surface area contributed by atoms with Crippen molar-refractivity contribution in [3.63, 3.8) is 0 Å². The van der Waals surface area contributed by atoms with Crippen LogP contribution in [-0.2, 0) is 18.3 Å². The molecule has 0 radical (unpaired) electrons. The molecule has 1 fully saturated rings. The number of hydrogen-bond donors (Lipinski definition) is 1.